The van der Waals surface area contributed by atoms with Gasteiger partial charge in [0.1, 0.15) is 5.75 Å². The van der Waals surface area contributed by atoms with Gasteiger partial charge in [-0.1, -0.05) is 36.4 Å². The van der Waals surface area contributed by atoms with Crippen LogP contribution in [0, 0.1) is 0 Å². The number of anilines is 1. The third-order valence-corrected chi connectivity index (χ3v) is 5.02. The summed E-state index contributed by atoms with van der Waals surface area (Å²) in [6, 6.07) is 23.2. The Bertz CT molecular complexity index is 1180. The number of para-hydroxylation sites is 1. The number of ether oxygens (including phenoxy) is 1. The average molecular weight is 425 g/mol. The number of nitrogens with one attached hydrogen (secondary N) is 2. The number of H-pyrrole nitrogens is 1. The van der Waals surface area contributed by atoms with E-state index in [1.165, 1.54) is 0 Å². The number of aliphatic imine (C=N–C) groups is 1. The van der Waals surface area contributed by atoms with Crippen molar-refractivity contribution in [3.05, 3.63) is 96.4 Å². The molecule has 0 fully saturated rings. The fourth-order valence-corrected chi connectivity index (χ4v) is 3.41. The second kappa shape index (κ2) is 10.2. The number of rotatable bonds is 9. The van der Waals surface area contributed by atoms with Gasteiger partial charge in [0.15, 0.2) is 0 Å². The largest absolute Gasteiger partial charge is 0.493 e. The molecule has 1 aromatic heterocycles. The maximum Gasteiger partial charge on any atom is 0.228 e. The lowest BCUT2D eigenvalue weighted by atomic mass is 10.1. The van der Waals surface area contributed by atoms with Crippen LogP contribution in [0.1, 0.15) is 11.1 Å². The maximum absolute atomic E-state index is 12.3. The van der Waals surface area contributed by atoms with Gasteiger partial charge in [-0.2, -0.15) is 0 Å². The molecular weight excluding hydrogens is 400 g/mol. The van der Waals surface area contributed by atoms with Crippen LogP contribution in [0.4, 0.5) is 11.4 Å². The van der Waals surface area contributed by atoms with Gasteiger partial charge in [-0.05, 0) is 54.2 Å². The Hall–Kier alpha value is -4.19. The van der Waals surface area contributed by atoms with Crippen LogP contribution in [0.15, 0.2) is 90.3 Å². The molecule has 1 heterocycles. The summed E-state index contributed by atoms with van der Waals surface area (Å²) in [5.41, 5.74) is 5.46. The predicted octanol–water partition coefficient (Wildman–Crippen LogP) is 5.21. The fraction of sp³-hybridized carbons (Fsp3) is 0.115. The van der Waals surface area contributed by atoms with Gasteiger partial charge >= 0.3 is 0 Å². The SMILES string of the molecule is C=Nc1cccc(CC(=O)Nc2ccc(CCOc3ccccc3-c3cnc[nH]3)cc2)c1. The van der Waals surface area contributed by atoms with Gasteiger partial charge in [-0.3, -0.25) is 9.79 Å². The van der Waals surface area contributed by atoms with E-state index < -0.39 is 0 Å². The molecule has 0 spiro atoms. The average Bonchev–Trinajstić information content (AvgIpc) is 3.35. The van der Waals surface area contributed by atoms with Gasteiger partial charge in [0.25, 0.3) is 0 Å². The highest BCUT2D eigenvalue weighted by atomic mass is 16.5. The highest BCUT2D eigenvalue weighted by Gasteiger charge is 2.08. The number of carbonyl (C=O) groups is 1. The minimum Gasteiger partial charge on any atom is -0.493 e. The van der Waals surface area contributed by atoms with Crippen molar-refractivity contribution < 1.29 is 9.53 Å². The van der Waals surface area contributed by atoms with Crippen molar-refractivity contribution in [1.82, 2.24) is 9.97 Å². The van der Waals surface area contributed by atoms with Crippen molar-refractivity contribution in [3.63, 3.8) is 0 Å². The molecule has 32 heavy (non-hydrogen) atoms. The second-order valence-electron chi connectivity index (χ2n) is 7.31. The van der Waals surface area contributed by atoms with E-state index in [4.69, 9.17) is 4.74 Å². The molecule has 6 heteroatoms. The van der Waals surface area contributed by atoms with Crippen LogP contribution in [0.3, 0.4) is 0 Å². The summed E-state index contributed by atoms with van der Waals surface area (Å²) in [6.07, 6.45) is 4.48. The van der Waals surface area contributed by atoms with E-state index >= 15 is 0 Å². The minimum absolute atomic E-state index is 0.0716. The molecule has 3 aromatic carbocycles. The third-order valence-electron chi connectivity index (χ3n) is 5.02. The molecule has 0 aliphatic rings. The number of hydrogen-bond donors (Lipinski definition) is 2. The summed E-state index contributed by atoms with van der Waals surface area (Å²) in [4.78, 5) is 23.4. The maximum atomic E-state index is 12.3. The van der Waals surface area contributed by atoms with Gasteiger partial charge in [0.05, 0.1) is 36.9 Å². The minimum atomic E-state index is -0.0716. The van der Waals surface area contributed by atoms with E-state index in [0.717, 1.165) is 45.9 Å². The molecule has 1 amide bonds. The van der Waals surface area contributed by atoms with Crippen LogP contribution in [0.2, 0.25) is 0 Å². The number of aromatic amines is 1. The monoisotopic (exact) mass is 424 g/mol. The Labute approximate surface area is 187 Å². The predicted molar refractivity (Wildman–Crippen MR) is 128 cm³/mol. The number of amides is 1. The van der Waals surface area contributed by atoms with Gasteiger partial charge in [-0.25, -0.2) is 4.98 Å². The summed E-state index contributed by atoms with van der Waals surface area (Å²) in [7, 11) is 0. The zero-order chi connectivity index (χ0) is 22.2. The first kappa shape index (κ1) is 21.1. The van der Waals surface area contributed by atoms with Crippen molar-refractivity contribution >= 4 is 24.0 Å². The standard InChI is InChI=1S/C26H24N4O2/c1-27-22-6-4-5-20(15-22)16-26(31)30-21-11-9-19(10-12-21)13-14-32-25-8-3-2-7-23(25)24-17-28-18-29-24/h2-12,15,17-18H,1,13-14,16H2,(H,28,29)(H,30,31). The molecule has 2 N–H and O–H groups in total. The molecule has 4 rings (SSSR count). The third kappa shape index (κ3) is 5.49. The summed E-state index contributed by atoms with van der Waals surface area (Å²) >= 11 is 0. The van der Waals surface area contributed by atoms with E-state index in [2.05, 4.69) is 27.0 Å². The molecule has 0 bridgehead atoms. The zero-order valence-corrected chi connectivity index (χ0v) is 17.6. The Morgan fingerprint density at radius 3 is 2.66 bits per heavy atom. The lowest BCUT2D eigenvalue weighted by molar-refractivity contribution is -0.115. The molecule has 0 saturated heterocycles. The number of hydrogen-bond acceptors (Lipinski definition) is 4. The first-order valence-corrected chi connectivity index (χ1v) is 10.4. The molecule has 160 valence electrons. The van der Waals surface area contributed by atoms with Gasteiger partial charge in [0, 0.05) is 17.7 Å². The number of imidazole rings is 1. The number of carbonyl (C=O) groups excluding carboxylic acids is 1. The highest BCUT2D eigenvalue weighted by Crippen LogP contribution is 2.28. The lowest BCUT2D eigenvalue weighted by Crippen LogP contribution is -2.14. The number of nitrogens with zero attached hydrogens (tertiary/aromatic N) is 2. The Balaban J connectivity index is 1.29. The Morgan fingerprint density at radius 1 is 1.03 bits per heavy atom. The van der Waals surface area contributed by atoms with E-state index in [1.54, 1.807) is 12.5 Å². The Morgan fingerprint density at radius 2 is 1.88 bits per heavy atom. The molecular formula is C26H24N4O2. The summed E-state index contributed by atoms with van der Waals surface area (Å²) in [5, 5.41) is 2.93. The first-order valence-electron chi connectivity index (χ1n) is 10.4. The lowest BCUT2D eigenvalue weighted by Gasteiger charge is -2.11. The molecule has 6 nitrogen and oxygen atoms in total. The molecule has 0 unspecified atom stereocenters. The summed E-state index contributed by atoms with van der Waals surface area (Å²) < 4.78 is 6.02. The van der Waals surface area contributed by atoms with Crippen molar-refractivity contribution in [3.8, 4) is 17.0 Å². The van der Waals surface area contributed by atoms with Crippen LogP contribution in [0.25, 0.3) is 11.3 Å². The van der Waals surface area contributed by atoms with E-state index in [-0.39, 0.29) is 12.3 Å². The van der Waals surface area contributed by atoms with Crippen molar-refractivity contribution in [2.75, 3.05) is 11.9 Å². The van der Waals surface area contributed by atoms with Crippen molar-refractivity contribution in [2.24, 2.45) is 4.99 Å². The van der Waals surface area contributed by atoms with Crippen LogP contribution >= 0.6 is 0 Å². The van der Waals surface area contributed by atoms with Crippen LogP contribution in [-0.4, -0.2) is 29.2 Å². The normalized spacial score (nSPS) is 10.5. The topological polar surface area (TPSA) is 79.4 Å². The van der Waals surface area contributed by atoms with Gasteiger partial charge in [-0.15, -0.1) is 0 Å². The quantitative estimate of drug-likeness (QED) is 0.362. The van der Waals surface area contributed by atoms with Gasteiger partial charge < -0.3 is 15.0 Å². The van der Waals surface area contributed by atoms with E-state index in [1.807, 2.05) is 72.8 Å². The molecule has 0 atom stereocenters. The second-order valence-corrected chi connectivity index (χ2v) is 7.31. The van der Waals surface area contributed by atoms with Crippen molar-refractivity contribution in [2.45, 2.75) is 12.8 Å². The first-order chi connectivity index (χ1) is 15.7. The number of aromatic nitrogens is 2. The molecule has 4 aromatic rings. The number of benzene rings is 3. The summed E-state index contributed by atoms with van der Waals surface area (Å²) in [6.45, 7) is 4.06. The van der Waals surface area contributed by atoms with E-state index in [9.17, 15) is 4.79 Å². The molecule has 0 radical (unpaired) electrons. The molecule has 0 aliphatic heterocycles. The van der Waals surface area contributed by atoms with E-state index in [0.29, 0.717) is 6.61 Å². The highest BCUT2D eigenvalue weighted by molar-refractivity contribution is 5.92. The van der Waals surface area contributed by atoms with Crippen LogP contribution in [0.5, 0.6) is 5.75 Å². The van der Waals surface area contributed by atoms with Crippen LogP contribution in [-0.2, 0) is 17.6 Å². The van der Waals surface area contributed by atoms with Crippen LogP contribution < -0.4 is 10.1 Å². The zero-order valence-electron chi connectivity index (χ0n) is 17.6. The van der Waals surface area contributed by atoms with Gasteiger partial charge in [0.2, 0.25) is 5.91 Å². The fourth-order valence-electron chi connectivity index (χ4n) is 3.41. The summed E-state index contributed by atoms with van der Waals surface area (Å²) in [5.74, 6) is 0.745. The molecule has 0 aliphatic carbocycles. The van der Waals surface area contributed by atoms with Crippen molar-refractivity contribution in [1.29, 1.82) is 0 Å². The molecule has 0 saturated carbocycles. The Kier molecular flexibility index (Phi) is 6.72. The smallest absolute Gasteiger partial charge is 0.228 e.